The van der Waals surface area contributed by atoms with Gasteiger partial charge in [0.1, 0.15) is 36.2 Å². The normalized spacial score (nSPS) is 14.5. The van der Waals surface area contributed by atoms with Crippen molar-refractivity contribution in [3.63, 3.8) is 0 Å². The first-order valence-corrected chi connectivity index (χ1v) is 30.1. The number of nitrogens with one attached hydrogen (secondary N) is 2. The van der Waals surface area contributed by atoms with Gasteiger partial charge in [-0.2, -0.15) is 0 Å². The number of fused-ring (bicyclic) bond motifs is 8. The highest BCUT2D eigenvalue weighted by Crippen LogP contribution is 2.44. The Labute approximate surface area is 501 Å². The molecule has 0 amide bonds. The Bertz CT molecular complexity index is 3170. The molecule has 6 N–H and O–H groups in total. The molecule has 0 unspecified atom stereocenters. The zero-order chi connectivity index (χ0) is 60.1. The number of hydrogen-bond donors (Lipinski definition) is 6. The van der Waals surface area contributed by atoms with Crippen LogP contribution in [0.3, 0.4) is 0 Å². The molecule has 8 aromatic rings. The molecule has 0 aliphatic heterocycles. The van der Waals surface area contributed by atoms with Crippen LogP contribution in [0.15, 0.2) is 170 Å². The minimum atomic E-state index is -0.809. The topological polar surface area (TPSA) is 123 Å². The minimum absolute atomic E-state index is 0.236. The molecule has 9 rings (SSSR count). The molecule has 8 heteroatoms. The van der Waals surface area contributed by atoms with Gasteiger partial charge in [0.25, 0.3) is 0 Å². The van der Waals surface area contributed by atoms with E-state index >= 15 is 0 Å². The number of rotatable bonds is 16. The van der Waals surface area contributed by atoms with Gasteiger partial charge in [0.15, 0.2) is 0 Å². The second-order valence-electron chi connectivity index (χ2n) is 27.3. The van der Waals surface area contributed by atoms with Gasteiger partial charge in [0.05, 0.1) is 24.3 Å². The summed E-state index contributed by atoms with van der Waals surface area (Å²) >= 11 is 0. The molecule has 84 heavy (non-hydrogen) atoms. The van der Waals surface area contributed by atoms with E-state index in [2.05, 4.69) is 142 Å². The third-order valence-corrected chi connectivity index (χ3v) is 16.7. The van der Waals surface area contributed by atoms with Crippen LogP contribution in [0, 0.1) is 0 Å². The first-order chi connectivity index (χ1) is 39.8. The van der Waals surface area contributed by atoms with E-state index in [-0.39, 0.29) is 46.4 Å². The number of aliphatic hydroxyl groups is 2. The average molecular weight is 1130 g/mol. The quantitative estimate of drug-likeness (QED) is 0.0529. The van der Waals surface area contributed by atoms with Gasteiger partial charge in [-0.15, -0.1) is 0 Å². The Balaban J connectivity index is 1.18. The first kappa shape index (κ1) is 61.4. The van der Waals surface area contributed by atoms with E-state index < -0.39 is 24.3 Å². The van der Waals surface area contributed by atoms with Gasteiger partial charge < -0.3 is 40.5 Å². The van der Waals surface area contributed by atoms with E-state index in [1.54, 1.807) is 0 Å². The maximum atomic E-state index is 13.0. The number of ether oxygens (including phenoxy) is 2. The maximum Gasteiger partial charge on any atom is 0.126 e. The smallest absolute Gasteiger partial charge is 0.126 e. The van der Waals surface area contributed by atoms with Crippen molar-refractivity contribution in [2.45, 2.75) is 155 Å². The Kier molecular flexibility index (Phi) is 18.7. The van der Waals surface area contributed by atoms with Crippen molar-refractivity contribution in [2.24, 2.45) is 0 Å². The summed E-state index contributed by atoms with van der Waals surface area (Å²) < 4.78 is 14.3. The summed E-state index contributed by atoms with van der Waals surface area (Å²) in [4.78, 5) is 0. The predicted molar refractivity (Wildman–Crippen MR) is 343 cm³/mol. The summed E-state index contributed by atoms with van der Waals surface area (Å²) in [5.74, 6) is 1.91. The fourth-order valence-corrected chi connectivity index (χ4v) is 11.6. The summed E-state index contributed by atoms with van der Waals surface area (Å²) in [6.45, 7) is 28.1. The van der Waals surface area contributed by atoms with Crippen LogP contribution in [0.5, 0.6) is 23.0 Å². The Morgan fingerprint density at radius 1 is 0.345 bits per heavy atom. The highest BCUT2D eigenvalue weighted by atomic mass is 16.5. The highest BCUT2D eigenvalue weighted by molar-refractivity contribution is 5.59. The molecular formula is C76H90N2O6. The number of aliphatic hydroxyl groups excluding tert-OH is 2. The van der Waals surface area contributed by atoms with E-state index in [1.165, 1.54) is 0 Å². The lowest BCUT2D eigenvalue weighted by molar-refractivity contribution is 0.125. The number of aromatic hydroxyl groups is 2. The van der Waals surface area contributed by atoms with Gasteiger partial charge in [0, 0.05) is 38.8 Å². The summed E-state index contributed by atoms with van der Waals surface area (Å²) in [5, 5.41) is 57.1. The van der Waals surface area contributed by atoms with Crippen LogP contribution < -0.4 is 20.1 Å². The van der Waals surface area contributed by atoms with E-state index in [9.17, 15) is 20.4 Å². The molecule has 8 bridgehead atoms. The van der Waals surface area contributed by atoms with Crippen LogP contribution in [0.1, 0.15) is 196 Å². The molecule has 4 atom stereocenters. The Morgan fingerprint density at radius 3 is 0.810 bits per heavy atom. The van der Waals surface area contributed by atoms with E-state index in [0.29, 0.717) is 38.8 Å². The molecule has 0 saturated heterocycles. The molecule has 0 aromatic heterocycles. The van der Waals surface area contributed by atoms with Gasteiger partial charge >= 0.3 is 0 Å². The number of hydrogen-bond acceptors (Lipinski definition) is 8. The van der Waals surface area contributed by atoms with Crippen LogP contribution in [0.4, 0.5) is 0 Å². The van der Waals surface area contributed by atoms with E-state index in [4.69, 9.17) is 9.47 Å². The van der Waals surface area contributed by atoms with Gasteiger partial charge in [0.2, 0.25) is 0 Å². The van der Waals surface area contributed by atoms with Crippen molar-refractivity contribution >= 4 is 0 Å². The van der Waals surface area contributed by atoms with Gasteiger partial charge in [-0.3, -0.25) is 0 Å². The number of phenolic OH excluding ortho intramolecular Hbond substituents is 2. The van der Waals surface area contributed by atoms with Crippen LogP contribution >= 0.6 is 0 Å². The van der Waals surface area contributed by atoms with Crippen LogP contribution in [0.25, 0.3) is 0 Å². The predicted octanol–water partition coefficient (Wildman–Crippen LogP) is 15.9. The largest absolute Gasteiger partial charge is 0.507 e. The lowest BCUT2D eigenvalue weighted by atomic mass is 9.79. The zero-order valence-electron chi connectivity index (χ0n) is 51.7. The first-order valence-electron chi connectivity index (χ1n) is 30.1. The fraction of sp³-hybridized carbons (Fsp3) is 0.368. The Hall–Kier alpha value is -7.20. The van der Waals surface area contributed by atoms with E-state index in [1.807, 2.05) is 121 Å². The molecule has 1 aliphatic rings. The third-order valence-electron chi connectivity index (χ3n) is 16.7. The molecule has 1 aliphatic carbocycles. The minimum Gasteiger partial charge on any atom is -0.507 e. The lowest BCUT2D eigenvalue weighted by Crippen LogP contribution is -2.31. The highest BCUT2D eigenvalue weighted by Gasteiger charge is 2.30. The second-order valence-corrected chi connectivity index (χ2v) is 27.3. The van der Waals surface area contributed by atoms with Crippen molar-refractivity contribution < 1.29 is 29.9 Å². The van der Waals surface area contributed by atoms with Crippen molar-refractivity contribution in [3.8, 4) is 23.0 Å². The monoisotopic (exact) mass is 1130 g/mol. The molecule has 0 fully saturated rings. The SMILES string of the molecule is CC(C)(C)c1cc2c(O)c(c1)Cc1cc(C(C)(C)C)cc(c1OCCN[C@@H](c1ccccc1)[C@H](O)c1ccccc1)Cc1cc(C(C)(C)C)cc(c1O)Cc1cc(C(C)(C)C)cc(c1OCCN[C@@H](c1ccccc1)[C@H](O)c1ccccc1)C2. The molecule has 8 nitrogen and oxygen atoms in total. The summed E-state index contributed by atoms with van der Waals surface area (Å²) in [6.07, 6.45) is -0.115. The molecule has 8 aromatic carbocycles. The van der Waals surface area contributed by atoms with Crippen molar-refractivity contribution in [2.75, 3.05) is 26.3 Å². The van der Waals surface area contributed by atoms with Crippen molar-refractivity contribution in [3.05, 3.63) is 259 Å². The summed E-state index contributed by atoms with van der Waals surface area (Å²) in [7, 11) is 0. The standard InChI is InChI=1S/C76H90N2O6/c1-73(2,3)61-41-53-37-57-45-63(75(7,8)9)47-59(71(57)83-35-33-77-65(49-25-17-13-18-26-49)69(81)51-29-21-15-22-30-51)39-55-43-62(74(4,5)6)44-56(68(55)80)40-60-48-64(76(10,11)12)46-58(38-54(42-61)67(53)79)72(60)84-36-34-78-66(50-27-19-14-20-28-50)70(82)52-31-23-16-24-32-52/h13-32,41-48,65-66,69-70,77-82H,33-40H2,1-12H3/t65-,66-,69+,70+/m0/s1. The summed E-state index contributed by atoms with van der Waals surface area (Å²) in [5.41, 5.74) is 13.9. The molecule has 440 valence electrons. The molecule has 0 heterocycles. The Morgan fingerprint density at radius 2 is 0.571 bits per heavy atom. The lowest BCUT2D eigenvalue weighted by Gasteiger charge is -2.29. The molecular weight excluding hydrogens is 1040 g/mol. The summed E-state index contributed by atoms with van der Waals surface area (Å²) in [6, 6.07) is 56.5. The van der Waals surface area contributed by atoms with Crippen LogP contribution in [0.2, 0.25) is 0 Å². The van der Waals surface area contributed by atoms with Crippen LogP contribution in [-0.4, -0.2) is 46.7 Å². The third kappa shape index (κ3) is 14.6. The molecule has 0 radical (unpaired) electrons. The van der Waals surface area contributed by atoms with Crippen molar-refractivity contribution in [1.29, 1.82) is 0 Å². The maximum absolute atomic E-state index is 13.0. The number of phenols is 2. The zero-order valence-corrected chi connectivity index (χ0v) is 51.7. The molecule has 0 spiro atoms. The van der Waals surface area contributed by atoms with Crippen LogP contribution in [-0.2, 0) is 47.3 Å². The molecule has 0 saturated carbocycles. The van der Waals surface area contributed by atoms with E-state index in [0.717, 1.165) is 101 Å². The van der Waals surface area contributed by atoms with Gasteiger partial charge in [-0.1, -0.05) is 253 Å². The van der Waals surface area contributed by atoms with Crippen molar-refractivity contribution in [1.82, 2.24) is 10.6 Å². The average Bonchev–Trinajstić information content (AvgIpc) is 3.58. The van der Waals surface area contributed by atoms with Gasteiger partial charge in [-0.05, 0) is 111 Å². The fourth-order valence-electron chi connectivity index (χ4n) is 11.6. The van der Waals surface area contributed by atoms with Gasteiger partial charge in [-0.25, -0.2) is 0 Å². The second kappa shape index (κ2) is 25.6. The number of benzene rings is 8.